The van der Waals surface area contributed by atoms with E-state index >= 15 is 0 Å². The van der Waals surface area contributed by atoms with E-state index in [1.807, 2.05) is 19.3 Å². The fourth-order valence-corrected chi connectivity index (χ4v) is 3.61. The second-order valence-electron chi connectivity index (χ2n) is 7.84. The number of hydrogen-bond acceptors (Lipinski definition) is 6. The molecular weight excluding hydrogens is 374 g/mol. The van der Waals surface area contributed by atoms with Crippen LogP contribution in [0.3, 0.4) is 0 Å². The molecule has 0 fully saturated rings. The van der Waals surface area contributed by atoms with Crippen LogP contribution in [0.15, 0.2) is 42.7 Å². The number of pyridine rings is 1. The van der Waals surface area contributed by atoms with Crippen LogP contribution < -0.4 is 5.73 Å². The van der Waals surface area contributed by atoms with Gasteiger partial charge in [-0.3, -0.25) is 4.98 Å². The number of benzene rings is 1. The highest BCUT2D eigenvalue weighted by molar-refractivity contribution is 5.85. The first-order chi connectivity index (χ1) is 14.4. The molecule has 0 saturated carbocycles. The van der Waals surface area contributed by atoms with Crippen molar-refractivity contribution >= 4 is 17.0 Å². The summed E-state index contributed by atoms with van der Waals surface area (Å²) in [7, 11) is 4.14. The molecule has 0 saturated heterocycles. The molecule has 7 heteroatoms. The van der Waals surface area contributed by atoms with E-state index in [2.05, 4.69) is 75.8 Å². The van der Waals surface area contributed by atoms with E-state index in [0.29, 0.717) is 23.7 Å². The average Bonchev–Trinajstić information content (AvgIpc) is 3.08. The number of nitrogens with two attached hydrogens (primary N) is 1. The van der Waals surface area contributed by atoms with E-state index < -0.39 is 0 Å². The number of aryl methyl sites for hydroxylation is 2. The Labute approximate surface area is 176 Å². The first-order valence-corrected chi connectivity index (χ1v) is 10.1. The molecule has 0 aliphatic rings. The Balaban J connectivity index is 1.82. The minimum Gasteiger partial charge on any atom is -0.382 e. The summed E-state index contributed by atoms with van der Waals surface area (Å²) in [6, 6.07) is 10.8. The third-order valence-electron chi connectivity index (χ3n) is 5.06. The van der Waals surface area contributed by atoms with E-state index in [0.717, 1.165) is 35.6 Å². The van der Waals surface area contributed by atoms with Crippen LogP contribution in [0.1, 0.15) is 29.4 Å². The van der Waals surface area contributed by atoms with E-state index in [1.54, 1.807) is 0 Å². The molecule has 1 aromatic carbocycles. The van der Waals surface area contributed by atoms with Crippen LogP contribution in [0.25, 0.3) is 22.6 Å². The smallest absolute Gasteiger partial charge is 0.166 e. The normalized spacial score (nSPS) is 11.5. The van der Waals surface area contributed by atoms with Crippen molar-refractivity contribution in [1.82, 2.24) is 29.4 Å². The van der Waals surface area contributed by atoms with Crippen LogP contribution in [0.5, 0.6) is 0 Å². The topological polar surface area (TPSA) is 85.7 Å². The van der Waals surface area contributed by atoms with Crippen molar-refractivity contribution in [3.8, 4) is 11.4 Å². The molecule has 154 valence electrons. The predicted octanol–water partition coefficient (Wildman–Crippen LogP) is 3.45. The lowest BCUT2D eigenvalue weighted by Crippen LogP contribution is -2.10. The Bertz CT molecular complexity index is 1180. The van der Waals surface area contributed by atoms with Crippen LogP contribution in [0.4, 0.5) is 5.82 Å². The Morgan fingerprint density at radius 1 is 0.967 bits per heavy atom. The molecule has 0 spiro atoms. The van der Waals surface area contributed by atoms with Gasteiger partial charge in [0, 0.05) is 24.5 Å². The van der Waals surface area contributed by atoms with E-state index in [1.165, 1.54) is 11.1 Å². The maximum absolute atomic E-state index is 6.19. The minimum atomic E-state index is 0.401. The molecule has 30 heavy (non-hydrogen) atoms. The van der Waals surface area contributed by atoms with Crippen molar-refractivity contribution in [2.75, 3.05) is 19.8 Å². The van der Waals surface area contributed by atoms with Gasteiger partial charge in [0.05, 0.1) is 6.54 Å². The van der Waals surface area contributed by atoms with Gasteiger partial charge in [-0.15, -0.1) is 0 Å². The van der Waals surface area contributed by atoms with Crippen molar-refractivity contribution in [2.45, 2.75) is 33.4 Å². The van der Waals surface area contributed by atoms with Gasteiger partial charge in [0.1, 0.15) is 11.6 Å². The molecule has 7 nitrogen and oxygen atoms in total. The molecule has 4 aromatic rings. The Kier molecular flexibility index (Phi) is 5.46. The molecule has 4 rings (SSSR count). The lowest BCUT2D eigenvalue weighted by molar-refractivity contribution is 0.402. The summed E-state index contributed by atoms with van der Waals surface area (Å²) in [6.07, 6.45) is 4.64. The molecule has 2 N–H and O–H groups in total. The summed E-state index contributed by atoms with van der Waals surface area (Å²) >= 11 is 0. The van der Waals surface area contributed by atoms with Gasteiger partial charge in [-0.25, -0.2) is 15.0 Å². The molecule has 0 amide bonds. The zero-order valence-corrected chi connectivity index (χ0v) is 17.9. The standard InChI is InChI=1S/C23H27N7/c1-5-16-10-19(12-25-11-16)22-28-20-21(24)26-15(2)27-23(20)30(22)14-18-8-6-17(7-9-18)13-29(3)4/h6-12H,5,13-14H2,1-4H3,(H2,24,26,27). The molecule has 0 bridgehead atoms. The highest BCUT2D eigenvalue weighted by Gasteiger charge is 2.18. The fourth-order valence-electron chi connectivity index (χ4n) is 3.61. The maximum atomic E-state index is 6.19. The number of hydrogen-bond donors (Lipinski definition) is 1. The predicted molar refractivity (Wildman–Crippen MR) is 120 cm³/mol. The summed E-state index contributed by atoms with van der Waals surface area (Å²) in [6.45, 7) is 5.52. The van der Waals surface area contributed by atoms with E-state index in [9.17, 15) is 0 Å². The lowest BCUT2D eigenvalue weighted by atomic mass is 10.1. The number of imidazole rings is 1. The molecule has 0 aliphatic carbocycles. The first-order valence-electron chi connectivity index (χ1n) is 10.1. The third-order valence-corrected chi connectivity index (χ3v) is 5.06. The number of aromatic nitrogens is 5. The third kappa shape index (κ3) is 4.02. The summed E-state index contributed by atoms with van der Waals surface area (Å²) < 4.78 is 2.11. The molecular formula is C23H27N7. The highest BCUT2D eigenvalue weighted by Crippen LogP contribution is 2.27. The summed E-state index contributed by atoms with van der Waals surface area (Å²) in [5.41, 5.74) is 12.1. The molecule has 0 atom stereocenters. The quantitative estimate of drug-likeness (QED) is 0.533. The fraction of sp³-hybridized carbons (Fsp3) is 0.304. The van der Waals surface area contributed by atoms with Crippen molar-refractivity contribution in [3.05, 3.63) is 65.2 Å². The van der Waals surface area contributed by atoms with E-state index in [-0.39, 0.29) is 0 Å². The van der Waals surface area contributed by atoms with Gasteiger partial charge in [-0.05, 0) is 50.2 Å². The van der Waals surface area contributed by atoms with Crippen LogP contribution in [0.2, 0.25) is 0 Å². The monoisotopic (exact) mass is 401 g/mol. The largest absolute Gasteiger partial charge is 0.382 e. The second-order valence-corrected chi connectivity index (χ2v) is 7.84. The van der Waals surface area contributed by atoms with Crippen LogP contribution in [-0.4, -0.2) is 43.5 Å². The maximum Gasteiger partial charge on any atom is 0.166 e. The molecule has 3 heterocycles. The molecule has 3 aromatic heterocycles. The van der Waals surface area contributed by atoms with Gasteiger partial charge in [-0.1, -0.05) is 31.2 Å². The van der Waals surface area contributed by atoms with Crippen LogP contribution >= 0.6 is 0 Å². The van der Waals surface area contributed by atoms with Crippen molar-refractivity contribution in [3.63, 3.8) is 0 Å². The van der Waals surface area contributed by atoms with Crippen LogP contribution in [0, 0.1) is 6.92 Å². The van der Waals surface area contributed by atoms with Gasteiger partial charge >= 0.3 is 0 Å². The Morgan fingerprint density at radius 2 is 1.70 bits per heavy atom. The molecule has 0 unspecified atom stereocenters. The highest BCUT2D eigenvalue weighted by atomic mass is 15.2. The summed E-state index contributed by atoms with van der Waals surface area (Å²) in [5, 5.41) is 0. The number of nitrogens with zero attached hydrogens (tertiary/aromatic N) is 6. The Hall–Kier alpha value is -3.32. The number of rotatable bonds is 6. The number of nitrogen functional groups attached to an aromatic ring is 1. The lowest BCUT2D eigenvalue weighted by Gasteiger charge is -2.12. The van der Waals surface area contributed by atoms with Gasteiger partial charge in [0.25, 0.3) is 0 Å². The summed E-state index contributed by atoms with van der Waals surface area (Å²) in [5.74, 6) is 1.84. The zero-order valence-electron chi connectivity index (χ0n) is 17.9. The van der Waals surface area contributed by atoms with Gasteiger partial charge in [0.2, 0.25) is 0 Å². The second kappa shape index (κ2) is 8.20. The summed E-state index contributed by atoms with van der Waals surface area (Å²) in [4.78, 5) is 20.3. The van der Waals surface area contributed by atoms with Gasteiger partial charge < -0.3 is 15.2 Å². The molecule has 0 aliphatic heterocycles. The SMILES string of the molecule is CCc1cncc(-c2nc3c(N)nc(C)nc3n2Cc2ccc(CN(C)C)cc2)c1. The number of fused-ring (bicyclic) bond motifs is 1. The number of anilines is 1. The van der Waals surface area contributed by atoms with Gasteiger partial charge in [0.15, 0.2) is 17.0 Å². The van der Waals surface area contributed by atoms with Gasteiger partial charge in [-0.2, -0.15) is 0 Å². The zero-order chi connectivity index (χ0) is 21.3. The van der Waals surface area contributed by atoms with Crippen LogP contribution in [-0.2, 0) is 19.5 Å². The van der Waals surface area contributed by atoms with Crippen molar-refractivity contribution in [1.29, 1.82) is 0 Å². The van der Waals surface area contributed by atoms with Crippen molar-refractivity contribution < 1.29 is 0 Å². The molecule has 0 radical (unpaired) electrons. The Morgan fingerprint density at radius 3 is 2.40 bits per heavy atom. The van der Waals surface area contributed by atoms with Crippen molar-refractivity contribution in [2.24, 2.45) is 0 Å². The average molecular weight is 402 g/mol. The first kappa shape index (κ1) is 20.0. The minimum absolute atomic E-state index is 0.401. The van der Waals surface area contributed by atoms with E-state index in [4.69, 9.17) is 10.7 Å².